The molecule has 10 heteroatoms. The quantitative estimate of drug-likeness (QED) is 0.345. The summed E-state index contributed by atoms with van der Waals surface area (Å²) in [6.45, 7) is -0.588. The van der Waals surface area contributed by atoms with E-state index in [9.17, 15) is 22.4 Å². The smallest absolute Gasteiger partial charge is 0.387 e. The number of anilines is 1. The van der Waals surface area contributed by atoms with Crippen LogP contribution in [0.1, 0.15) is 29.8 Å². The molecular weight excluding hydrogens is 406 g/mol. The van der Waals surface area contributed by atoms with E-state index in [0.717, 1.165) is 37.1 Å². The molecule has 0 aliphatic carbocycles. The van der Waals surface area contributed by atoms with Crippen molar-refractivity contribution in [1.29, 1.82) is 0 Å². The maximum absolute atomic E-state index is 12.6. The lowest BCUT2D eigenvalue weighted by molar-refractivity contribution is -0.0543. The summed E-state index contributed by atoms with van der Waals surface area (Å²) in [6.07, 6.45) is 1.06. The molecule has 6 nitrogen and oxygen atoms in total. The van der Waals surface area contributed by atoms with Gasteiger partial charge in [0, 0.05) is 36.0 Å². The van der Waals surface area contributed by atoms with Crippen molar-refractivity contribution >= 4 is 17.8 Å². The van der Waals surface area contributed by atoms with Crippen LogP contribution in [0.2, 0.25) is 0 Å². The first kappa shape index (κ1) is 23.0. The Balaban J connectivity index is 2.08. The third-order valence-electron chi connectivity index (χ3n) is 4.05. The van der Waals surface area contributed by atoms with Crippen molar-refractivity contribution in [3.8, 4) is 11.5 Å². The SMILES string of the molecule is CCN(CC)c1ccc(C(=O)NN=Cc2ccc(OC(F)F)cc2OC(F)F)cc1. The summed E-state index contributed by atoms with van der Waals surface area (Å²) < 4.78 is 58.2. The molecule has 0 fully saturated rings. The summed E-state index contributed by atoms with van der Waals surface area (Å²) in [5, 5.41) is 3.72. The average Bonchev–Trinajstić information content (AvgIpc) is 2.70. The number of amides is 1. The number of nitrogens with zero attached hydrogens (tertiary/aromatic N) is 2. The van der Waals surface area contributed by atoms with Crippen molar-refractivity contribution in [3.05, 3.63) is 53.6 Å². The maximum atomic E-state index is 12.6. The minimum atomic E-state index is -3.18. The molecule has 0 aromatic heterocycles. The largest absolute Gasteiger partial charge is 0.435 e. The molecule has 0 saturated carbocycles. The van der Waals surface area contributed by atoms with E-state index < -0.39 is 24.9 Å². The molecule has 162 valence electrons. The summed E-state index contributed by atoms with van der Waals surface area (Å²) in [6, 6.07) is 10.1. The van der Waals surface area contributed by atoms with E-state index in [1.165, 1.54) is 6.07 Å². The molecule has 0 radical (unpaired) electrons. The van der Waals surface area contributed by atoms with Gasteiger partial charge in [-0.3, -0.25) is 4.79 Å². The normalized spacial score (nSPS) is 11.2. The van der Waals surface area contributed by atoms with Crippen LogP contribution in [0.5, 0.6) is 11.5 Å². The van der Waals surface area contributed by atoms with Crippen LogP contribution in [-0.4, -0.2) is 38.4 Å². The highest BCUT2D eigenvalue weighted by molar-refractivity contribution is 5.95. The fourth-order valence-electron chi connectivity index (χ4n) is 2.63. The van der Waals surface area contributed by atoms with Crippen molar-refractivity contribution in [2.24, 2.45) is 5.10 Å². The van der Waals surface area contributed by atoms with Gasteiger partial charge in [0.05, 0.1) is 6.21 Å². The van der Waals surface area contributed by atoms with Crippen molar-refractivity contribution in [2.45, 2.75) is 27.1 Å². The monoisotopic (exact) mass is 427 g/mol. The van der Waals surface area contributed by atoms with E-state index in [0.29, 0.717) is 5.56 Å². The van der Waals surface area contributed by atoms with Crippen molar-refractivity contribution in [1.82, 2.24) is 5.43 Å². The Morgan fingerprint density at radius 2 is 1.67 bits per heavy atom. The zero-order valence-electron chi connectivity index (χ0n) is 16.3. The number of halogens is 4. The molecule has 30 heavy (non-hydrogen) atoms. The van der Waals surface area contributed by atoms with Gasteiger partial charge >= 0.3 is 13.2 Å². The molecular formula is C20H21F4N3O3. The molecule has 0 saturated heterocycles. The Kier molecular flexibility index (Phi) is 8.45. The second-order valence-corrected chi connectivity index (χ2v) is 5.87. The molecule has 0 aliphatic rings. The van der Waals surface area contributed by atoms with Gasteiger partial charge in [0.25, 0.3) is 5.91 Å². The highest BCUT2D eigenvalue weighted by Gasteiger charge is 2.13. The van der Waals surface area contributed by atoms with E-state index in [1.807, 2.05) is 26.0 Å². The number of nitrogens with one attached hydrogen (secondary N) is 1. The number of hydrazone groups is 1. The molecule has 0 bridgehead atoms. The standard InChI is InChI=1S/C20H21F4N3O3/c1-3-27(4-2)15-8-5-13(6-9-15)18(28)26-25-12-14-7-10-16(29-19(21)22)11-17(14)30-20(23)24/h5-12,19-20H,3-4H2,1-2H3,(H,26,28). The Morgan fingerprint density at radius 3 is 2.23 bits per heavy atom. The predicted molar refractivity (Wildman–Crippen MR) is 105 cm³/mol. The highest BCUT2D eigenvalue weighted by atomic mass is 19.3. The van der Waals surface area contributed by atoms with Gasteiger partial charge in [-0.25, -0.2) is 5.43 Å². The van der Waals surface area contributed by atoms with E-state index in [-0.39, 0.29) is 11.3 Å². The molecule has 1 amide bonds. The van der Waals surface area contributed by atoms with Crippen molar-refractivity contribution < 1.29 is 31.8 Å². The van der Waals surface area contributed by atoms with E-state index in [4.69, 9.17) is 0 Å². The van der Waals surface area contributed by atoms with Crippen LogP contribution in [0.3, 0.4) is 0 Å². The molecule has 1 N–H and O–H groups in total. The minimum absolute atomic E-state index is 0.0362. The summed E-state index contributed by atoms with van der Waals surface area (Å²) >= 11 is 0. The Morgan fingerprint density at radius 1 is 1.03 bits per heavy atom. The third-order valence-corrected chi connectivity index (χ3v) is 4.05. The van der Waals surface area contributed by atoms with Gasteiger partial charge in [-0.05, 0) is 50.2 Å². The second kappa shape index (κ2) is 11.0. The fourth-order valence-corrected chi connectivity index (χ4v) is 2.63. The van der Waals surface area contributed by atoms with Crippen LogP contribution in [-0.2, 0) is 0 Å². The summed E-state index contributed by atoms with van der Waals surface area (Å²) in [5.74, 6) is -1.29. The first-order valence-electron chi connectivity index (χ1n) is 9.06. The number of benzene rings is 2. The van der Waals surface area contributed by atoms with Gasteiger partial charge in [-0.1, -0.05) is 0 Å². The zero-order valence-corrected chi connectivity index (χ0v) is 16.3. The maximum Gasteiger partial charge on any atom is 0.387 e. The van der Waals surface area contributed by atoms with Crippen molar-refractivity contribution in [2.75, 3.05) is 18.0 Å². The molecule has 0 spiro atoms. The lowest BCUT2D eigenvalue weighted by Gasteiger charge is -2.20. The third kappa shape index (κ3) is 6.64. The predicted octanol–water partition coefficient (Wildman–Crippen LogP) is 4.50. The van der Waals surface area contributed by atoms with Gasteiger partial charge in [0.2, 0.25) is 0 Å². The van der Waals surface area contributed by atoms with Crippen LogP contribution in [0.25, 0.3) is 0 Å². The Bertz CT molecular complexity index is 857. The van der Waals surface area contributed by atoms with Gasteiger partial charge in [-0.15, -0.1) is 0 Å². The van der Waals surface area contributed by atoms with Crippen LogP contribution in [0, 0.1) is 0 Å². The number of carbonyl (C=O) groups excluding carboxylic acids is 1. The number of hydrogen-bond acceptors (Lipinski definition) is 5. The fraction of sp³-hybridized carbons (Fsp3) is 0.300. The molecule has 2 aromatic carbocycles. The highest BCUT2D eigenvalue weighted by Crippen LogP contribution is 2.26. The summed E-state index contributed by atoms with van der Waals surface area (Å²) in [7, 11) is 0. The van der Waals surface area contributed by atoms with Gasteiger partial charge in [0.15, 0.2) is 0 Å². The Labute approximate surface area is 171 Å². The van der Waals surface area contributed by atoms with E-state index in [2.05, 4.69) is 24.9 Å². The number of carbonyl (C=O) groups is 1. The van der Waals surface area contributed by atoms with Gasteiger partial charge in [-0.2, -0.15) is 22.7 Å². The summed E-state index contributed by atoms with van der Waals surface area (Å²) in [5.41, 5.74) is 3.64. The zero-order chi connectivity index (χ0) is 22.1. The first-order valence-corrected chi connectivity index (χ1v) is 9.06. The van der Waals surface area contributed by atoms with Crippen LogP contribution >= 0.6 is 0 Å². The molecule has 2 rings (SSSR count). The van der Waals surface area contributed by atoms with Gasteiger partial charge < -0.3 is 14.4 Å². The van der Waals surface area contributed by atoms with Crippen LogP contribution in [0.15, 0.2) is 47.6 Å². The Hall–Kier alpha value is -3.30. The van der Waals surface area contributed by atoms with Crippen LogP contribution in [0.4, 0.5) is 23.2 Å². The number of rotatable bonds is 10. The molecule has 0 atom stereocenters. The summed E-state index contributed by atoms with van der Waals surface area (Å²) in [4.78, 5) is 14.3. The topological polar surface area (TPSA) is 63.2 Å². The lowest BCUT2D eigenvalue weighted by Crippen LogP contribution is -2.22. The minimum Gasteiger partial charge on any atom is -0.435 e. The second-order valence-electron chi connectivity index (χ2n) is 5.87. The number of alkyl halides is 4. The number of ether oxygens (including phenoxy) is 2. The first-order chi connectivity index (χ1) is 14.3. The van der Waals surface area contributed by atoms with E-state index in [1.54, 1.807) is 12.1 Å². The molecule has 0 unspecified atom stereocenters. The van der Waals surface area contributed by atoms with E-state index >= 15 is 0 Å². The molecule has 0 heterocycles. The molecule has 0 aliphatic heterocycles. The van der Waals surface area contributed by atoms with Crippen LogP contribution < -0.4 is 19.8 Å². The molecule has 2 aromatic rings. The lowest BCUT2D eigenvalue weighted by atomic mass is 10.2. The average molecular weight is 427 g/mol. The van der Waals surface area contributed by atoms with Gasteiger partial charge in [0.1, 0.15) is 11.5 Å². The number of hydrogen-bond donors (Lipinski definition) is 1. The van der Waals surface area contributed by atoms with Crippen molar-refractivity contribution in [3.63, 3.8) is 0 Å².